The van der Waals surface area contributed by atoms with E-state index in [4.69, 9.17) is 5.26 Å². The zero-order chi connectivity index (χ0) is 13.5. The summed E-state index contributed by atoms with van der Waals surface area (Å²) in [5, 5.41) is 19.2. The first-order valence-electron chi connectivity index (χ1n) is 6.38. The second kappa shape index (κ2) is 6.66. The van der Waals surface area contributed by atoms with Crippen LogP contribution in [0.25, 0.3) is 11.3 Å². The summed E-state index contributed by atoms with van der Waals surface area (Å²) in [6, 6.07) is 6.32. The fourth-order valence-corrected chi connectivity index (χ4v) is 1.93. The largest absolute Gasteiger partial charge is 0.309 e. The third kappa shape index (κ3) is 3.39. The lowest BCUT2D eigenvalue weighted by atomic mass is 10.1. The van der Waals surface area contributed by atoms with Gasteiger partial charge < -0.3 is 5.32 Å². The fourth-order valence-electron chi connectivity index (χ4n) is 1.93. The van der Waals surface area contributed by atoms with Crippen molar-refractivity contribution in [2.45, 2.75) is 32.4 Å². The lowest BCUT2D eigenvalue weighted by Gasteiger charge is -2.13. The summed E-state index contributed by atoms with van der Waals surface area (Å²) in [5.74, 6) is 0. The van der Waals surface area contributed by atoms with E-state index < -0.39 is 0 Å². The number of nitriles is 1. The minimum Gasteiger partial charge on any atom is -0.309 e. The number of hydrogen-bond acceptors (Lipinski definition) is 4. The predicted octanol–water partition coefficient (Wildman–Crippen LogP) is 2.25. The highest BCUT2D eigenvalue weighted by molar-refractivity contribution is 5.61. The molecule has 1 atom stereocenters. The van der Waals surface area contributed by atoms with Crippen molar-refractivity contribution in [3.8, 4) is 17.3 Å². The Kier molecular flexibility index (Phi) is 4.65. The molecule has 0 radical (unpaired) electrons. The SMILES string of the molecule is CCC(CC#N)NCc1cn[nH]c1-c1cccnc1. The number of nitrogens with one attached hydrogen (secondary N) is 2. The van der Waals surface area contributed by atoms with Crippen molar-refractivity contribution in [1.29, 1.82) is 5.26 Å². The summed E-state index contributed by atoms with van der Waals surface area (Å²) in [6.07, 6.45) is 6.83. The Morgan fingerprint density at radius 2 is 2.37 bits per heavy atom. The van der Waals surface area contributed by atoms with E-state index in [-0.39, 0.29) is 6.04 Å². The second-order valence-electron chi connectivity index (χ2n) is 4.36. The smallest absolute Gasteiger partial charge is 0.0710 e. The minimum atomic E-state index is 0.224. The van der Waals surface area contributed by atoms with Crippen LogP contribution in [0.3, 0.4) is 0 Å². The van der Waals surface area contributed by atoms with Gasteiger partial charge in [0.15, 0.2) is 0 Å². The maximum absolute atomic E-state index is 8.74. The van der Waals surface area contributed by atoms with Gasteiger partial charge in [0.2, 0.25) is 0 Å². The van der Waals surface area contributed by atoms with Gasteiger partial charge in [-0.15, -0.1) is 0 Å². The van der Waals surface area contributed by atoms with Crippen LogP contribution in [0.1, 0.15) is 25.3 Å². The molecule has 5 heteroatoms. The molecule has 0 saturated carbocycles. The van der Waals surface area contributed by atoms with Crippen LogP contribution < -0.4 is 5.32 Å². The van der Waals surface area contributed by atoms with Gasteiger partial charge in [0.1, 0.15) is 0 Å². The van der Waals surface area contributed by atoms with E-state index in [9.17, 15) is 0 Å². The standard InChI is InChI=1S/C14H17N5/c1-2-13(5-6-15)17-9-12-10-18-19-14(12)11-4-3-7-16-8-11/h3-4,7-8,10,13,17H,2,5,9H2,1H3,(H,18,19). The molecule has 2 aromatic heterocycles. The molecule has 2 heterocycles. The Morgan fingerprint density at radius 1 is 1.47 bits per heavy atom. The van der Waals surface area contributed by atoms with Crippen molar-refractivity contribution in [1.82, 2.24) is 20.5 Å². The normalized spacial score (nSPS) is 12.0. The van der Waals surface area contributed by atoms with Gasteiger partial charge in [-0.2, -0.15) is 10.4 Å². The van der Waals surface area contributed by atoms with Crippen molar-refractivity contribution in [2.24, 2.45) is 0 Å². The number of rotatable bonds is 6. The summed E-state index contributed by atoms with van der Waals surface area (Å²) in [5.41, 5.74) is 3.09. The zero-order valence-corrected chi connectivity index (χ0v) is 10.9. The number of hydrogen-bond donors (Lipinski definition) is 2. The van der Waals surface area contributed by atoms with Gasteiger partial charge in [-0.05, 0) is 18.6 Å². The molecule has 2 aromatic rings. The topological polar surface area (TPSA) is 77.4 Å². The van der Waals surface area contributed by atoms with Crippen LogP contribution >= 0.6 is 0 Å². The van der Waals surface area contributed by atoms with E-state index in [2.05, 4.69) is 33.5 Å². The number of nitrogens with zero attached hydrogens (tertiary/aromatic N) is 3. The molecule has 0 bridgehead atoms. The number of H-pyrrole nitrogens is 1. The fraction of sp³-hybridized carbons (Fsp3) is 0.357. The molecular formula is C14H17N5. The molecule has 98 valence electrons. The first kappa shape index (κ1) is 13.2. The lowest BCUT2D eigenvalue weighted by molar-refractivity contribution is 0.505. The zero-order valence-electron chi connectivity index (χ0n) is 10.9. The lowest BCUT2D eigenvalue weighted by Crippen LogP contribution is -2.27. The molecule has 0 aliphatic carbocycles. The van der Waals surface area contributed by atoms with Crippen LogP contribution in [-0.4, -0.2) is 21.2 Å². The van der Waals surface area contributed by atoms with E-state index in [1.807, 2.05) is 24.5 Å². The van der Waals surface area contributed by atoms with E-state index in [0.717, 1.165) is 23.2 Å². The molecule has 2 rings (SSSR count). The van der Waals surface area contributed by atoms with Crippen molar-refractivity contribution < 1.29 is 0 Å². The Morgan fingerprint density at radius 3 is 3.05 bits per heavy atom. The first-order valence-corrected chi connectivity index (χ1v) is 6.38. The van der Waals surface area contributed by atoms with Crippen molar-refractivity contribution >= 4 is 0 Å². The Balaban J connectivity index is 2.07. The third-order valence-electron chi connectivity index (χ3n) is 3.08. The minimum absolute atomic E-state index is 0.224. The van der Waals surface area contributed by atoms with Gasteiger partial charge in [0, 0.05) is 36.1 Å². The molecule has 0 amide bonds. The Labute approximate surface area is 112 Å². The van der Waals surface area contributed by atoms with Crippen molar-refractivity contribution in [3.63, 3.8) is 0 Å². The van der Waals surface area contributed by atoms with Crippen LogP contribution in [-0.2, 0) is 6.54 Å². The van der Waals surface area contributed by atoms with Crippen LogP contribution in [0.4, 0.5) is 0 Å². The summed E-state index contributed by atoms with van der Waals surface area (Å²) < 4.78 is 0. The quantitative estimate of drug-likeness (QED) is 0.830. The molecule has 0 spiro atoms. The van der Waals surface area contributed by atoms with Gasteiger partial charge >= 0.3 is 0 Å². The van der Waals surface area contributed by atoms with Gasteiger partial charge in [-0.25, -0.2) is 0 Å². The maximum Gasteiger partial charge on any atom is 0.0710 e. The second-order valence-corrected chi connectivity index (χ2v) is 4.36. The van der Waals surface area contributed by atoms with Gasteiger partial charge in [0.05, 0.1) is 24.4 Å². The summed E-state index contributed by atoms with van der Waals surface area (Å²) in [4.78, 5) is 4.11. The summed E-state index contributed by atoms with van der Waals surface area (Å²) in [6.45, 7) is 2.77. The van der Waals surface area contributed by atoms with E-state index in [1.165, 1.54) is 0 Å². The third-order valence-corrected chi connectivity index (χ3v) is 3.08. The molecule has 0 aromatic carbocycles. The Bertz CT molecular complexity index is 540. The van der Waals surface area contributed by atoms with Gasteiger partial charge in [-0.3, -0.25) is 10.1 Å². The van der Waals surface area contributed by atoms with E-state index in [1.54, 1.807) is 6.20 Å². The average molecular weight is 255 g/mol. The highest BCUT2D eigenvalue weighted by atomic mass is 15.1. The van der Waals surface area contributed by atoms with Crippen molar-refractivity contribution in [2.75, 3.05) is 0 Å². The molecule has 5 nitrogen and oxygen atoms in total. The number of aromatic nitrogens is 3. The number of aromatic amines is 1. The van der Waals surface area contributed by atoms with Crippen molar-refractivity contribution in [3.05, 3.63) is 36.3 Å². The van der Waals surface area contributed by atoms with Crippen LogP contribution in [0.15, 0.2) is 30.7 Å². The number of pyridine rings is 1. The van der Waals surface area contributed by atoms with Gasteiger partial charge in [-0.1, -0.05) is 6.92 Å². The molecule has 0 aliphatic heterocycles. The van der Waals surface area contributed by atoms with Crippen LogP contribution in [0.2, 0.25) is 0 Å². The molecule has 19 heavy (non-hydrogen) atoms. The monoisotopic (exact) mass is 255 g/mol. The first-order chi connectivity index (χ1) is 9.35. The maximum atomic E-state index is 8.74. The molecule has 1 unspecified atom stereocenters. The average Bonchev–Trinajstić information content (AvgIpc) is 2.93. The van der Waals surface area contributed by atoms with Crippen LogP contribution in [0.5, 0.6) is 0 Å². The molecule has 0 aliphatic rings. The van der Waals surface area contributed by atoms with E-state index >= 15 is 0 Å². The Hall–Kier alpha value is -2.19. The highest BCUT2D eigenvalue weighted by Gasteiger charge is 2.10. The molecule has 2 N–H and O–H groups in total. The summed E-state index contributed by atoms with van der Waals surface area (Å²) in [7, 11) is 0. The predicted molar refractivity (Wildman–Crippen MR) is 73.0 cm³/mol. The van der Waals surface area contributed by atoms with Gasteiger partial charge in [0.25, 0.3) is 0 Å². The molecule has 0 fully saturated rings. The van der Waals surface area contributed by atoms with Crippen LogP contribution in [0, 0.1) is 11.3 Å². The highest BCUT2D eigenvalue weighted by Crippen LogP contribution is 2.19. The molecule has 0 saturated heterocycles. The molecular weight excluding hydrogens is 238 g/mol. The van der Waals surface area contributed by atoms with E-state index in [0.29, 0.717) is 13.0 Å². The summed E-state index contributed by atoms with van der Waals surface area (Å²) >= 11 is 0.